The fourth-order valence-electron chi connectivity index (χ4n) is 5.65. The van der Waals surface area contributed by atoms with Crippen LogP contribution >= 0.6 is 0 Å². The van der Waals surface area contributed by atoms with Crippen LogP contribution in [-0.2, 0) is 27.4 Å². The summed E-state index contributed by atoms with van der Waals surface area (Å²) in [7, 11) is 0. The number of ketones is 1. The van der Waals surface area contributed by atoms with Gasteiger partial charge in [0.1, 0.15) is 5.78 Å². The second-order valence-corrected chi connectivity index (χ2v) is 10.3. The Morgan fingerprint density at radius 2 is 1.45 bits per heavy atom. The van der Waals surface area contributed by atoms with Gasteiger partial charge in [0.2, 0.25) is 5.91 Å². The van der Waals surface area contributed by atoms with Crippen LogP contribution in [0, 0.1) is 0 Å². The molecule has 1 amide bonds. The Labute approximate surface area is 217 Å². The summed E-state index contributed by atoms with van der Waals surface area (Å²) in [5.74, 6) is -0.179. The van der Waals surface area contributed by atoms with Crippen LogP contribution in [0.3, 0.4) is 0 Å². The maximum atomic E-state index is 13.8. The predicted octanol–water partition coefficient (Wildman–Crippen LogP) is 6.45. The minimum atomic E-state index is -4.97. The Morgan fingerprint density at radius 1 is 0.921 bits per heavy atom. The van der Waals surface area contributed by atoms with Gasteiger partial charge in [0, 0.05) is 32.0 Å². The molecule has 0 unspecified atom stereocenters. The molecule has 2 aromatic rings. The summed E-state index contributed by atoms with van der Waals surface area (Å²) in [6.07, 6.45) is -6.60. The molecule has 0 bridgehead atoms. The molecule has 2 fully saturated rings. The van der Waals surface area contributed by atoms with Gasteiger partial charge in [0.05, 0.1) is 22.6 Å². The number of likely N-dealkylation sites (tertiary alicyclic amines) is 1. The van der Waals surface area contributed by atoms with Gasteiger partial charge in [-0.05, 0) is 61.9 Å². The number of amides is 1. The van der Waals surface area contributed by atoms with E-state index in [0.717, 1.165) is 5.56 Å². The quantitative estimate of drug-likeness (QED) is 0.444. The van der Waals surface area contributed by atoms with E-state index in [-0.39, 0.29) is 23.5 Å². The molecule has 0 spiro atoms. The molecule has 4 rings (SSSR count). The zero-order chi connectivity index (χ0) is 27.7. The molecule has 0 aromatic heterocycles. The molecule has 2 aliphatic rings. The molecule has 1 aliphatic heterocycles. The Morgan fingerprint density at radius 3 is 1.95 bits per heavy atom. The summed E-state index contributed by atoms with van der Waals surface area (Å²) in [6, 6.07) is 9.60. The molecule has 0 radical (unpaired) electrons. The van der Waals surface area contributed by atoms with E-state index in [4.69, 9.17) is 0 Å². The van der Waals surface area contributed by atoms with E-state index in [2.05, 4.69) is 10.2 Å². The summed E-state index contributed by atoms with van der Waals surface area (Å²) in [4.78, 5) is 27.7. The third-order valence-corrected chi connectivity index (χ3v) is 7.90. The fraction of sp³-hybridized carbons (Fsp3) is 0.500. The fourth-order valence-corrected chi connectivity index (χ4v) is 5.65. The summed E-state index contributed by atoms with van der Waals surface area (Å²) in [6.45, 7) is 2.76. The van der Waals surface area contributed by atoms with Crippen molar-refractivity contribution in [2.45, 2.75) is 75.3 Å². The third-order valence-electron chi connectivity index (χ3n) is 7.90. The highest BCUT2D eigenvalue weighted by Gasteiger charge is 2.45. The molecule has 1 saturated carbocycles. The molecule has 10 heteroatoms. The van der Waals surface area contributed by atoms with Crippen molar-refractivity contribution in [3.05, 3.63) is 70.8 Å². The first-order chi connectivity index (χ1) is 17.8. The smallest absolute Gasteiger partial charge is 0.349 e. The van der Waals surface area contributed by atoms with Gasteiger partial charge in [-0.1, -0.05) is 30.3 Å². The molecule has 206 valence electrons. The van der Waals surface area contributed by atoms with Crippen LogP contribution < -0.4 is 5.32 Å². The number of benzene rings is 2. The Hall–Kier alpha value is -2.88. The Balaban J connectivity index is 1.58. The molecule has 1 N–H and O–H groups in total. The standard InChI is InChI=1S/C28H30F6N2O2/c1-18(19-15-21(27(29,30)31)17-22(16-19)28(32,33)34)35-25(38)26(20-5-3-2-4-6-20)11-7-23(8-12-26)36-13-9-24(37)10-14-36/h2-6,15-18,23H,7-14H2,1H3,(H,35,38)/t18-,23?,26?/m0/s1. The average molecular weight is 541 g/mol. The van der Waals surface area contributed by atoms with E-state index >= 15 is 0 Å². The molecule has 2 aromatic carbocycles. The zero-order valence-corrected chi connectivity index (χ0v) is 21.0. The van der Waals surface area contributed by atoms with Crippen molar-refractivity contribution >= 4 is 11.7 Å². The molecular formula is C28H30F6N2O2. The van der Waals surface area contributed by atoms with Crippen molar-refractivity contribution in [3.63, 3.8) is 0 Å². The number of alkyl halides is 6. The number of nitrogens with zero attached hydrogens (tertiary/aromatic N) is 1. The topological polar surface area (TPSA) is 49.4 Å². The van der Waals surface area contributed by atoms with E-state index in [9.17, 15) is 35.9 Å². The number of hydrogen-bond donors (Lipinski definition) is 1. The number of carbonyl (C=O) groups is 2. The second-order valence-electron chi connectivity index (χ2n) is 10.3. The van der Waals surface area contributed by atoms with Gasteiger partial charge in [-0.15, -0.1) is 0 Å². The first-order valence-corrected chi connectivity index (χ1v) is 12.7. The number of halogens is 6. The van der Waals surface area contributed by atoms with Crippen molar-refractivity contribution in [2.24, 2.45) is 0 Å². The molecule has 1 saturated heterocycles. The lowest BCUT2D eigenvalue weighted by Gasteiger charge is -2.44. The predicted molar refractivity (Wildman–Crippen MR) is 129 cm³/mol. The van der Waals surface area contributed by atoms with Crippen LogP contribution in [0.15, 0.2) is 48.5 Å². The molecule has 1 aliphatic carbocycles. The normalized spacial score (nSPS) is 24.2. The monoisotopic (exact) mass is 540 g/mol. The minimum Gasteiger partial charge on any atom is -0.349 e. The van der Waals surface area contributed by atoms with Gasteiger partial charge in [-0.2, -0.15) is 26.3 Å². The van der Waals surface area contributed by atoms with Crippen LogP contribution in [0.25, 0.3) is 0 Å². The SMILES string of the molecule is C[C@H](NC(=O)C1(c2ccccc2)CCC(N2CCC(=O)CC2)CC1)c1cc(C(F)(F)F)cc(C(F)(F)F)c1. The Kier molecular flexibility index (Phi) is 7.93. The van der Waals surface area contributed by atoms with Crippen molar-refractivity contribution in [1.82, 2.24) is 10.2 Å². The summed E-state index contributed by atoms with van der Waals surface area (Å²) in [5.41, 5.74) is -3.30. The number of rotatable bonds is 5. The third kappa shape index (κ3) is 6.06. The van der Waals surface area contributed by atoms with Gasteiger partial charge < -0.3 is 5.32 Å². The first kappa shape index (κ1) is 28.1. The van der Waals surface area contributed by atoms with Crippen LogP contribution in [0.5, 0.6) is 0 Å². The summed E-state index contributed by atoms with van der Waals surface area (Å²) >= 11 is 0. The van der Waals surface area contributed by atoms with Crippen LogP contribution in [0.2, 0.25) is 0 Å². The van der Waals surface area contributed by atoms with Gasteiger partial charge in [0.15, 0.2) is 0 Å². The lowest BCUT2D eigenvalue weighted by Crippen LogP contribution is -2.51. The number of piperidine rings is 1. The van der Waals surface area contributed by atoms with E-state index in [1.165, 1.54) is 6.92 Å². The Bertz CT molecular complexity index is 1110. The van der Waals surface area contributed by atoms with E-state index < -0.39 is 40.8 Å². The van der Waals surface area contributed by atoms with Gasteiger partial charge in [-0.3, -0.25) is 14.5 Å². The number of Topliss-reactive ketones (excluding diaryl/α,β-unsaturated/α-hetero) is 1. The second kappa shape index (κ2) is 10.7. The van der Waals surface area contributed by atoms with Crippen molar-refractivity contribution in [2.75, 3.05) is 13.1 Å². The highest BCUT2D eigenvalue weighted by atomic mass is 19.4. The van der Waals surface area contributed by atoms with Crippen molar-refractivity contribution < 1.29 is 35.9 Å². The lowest BCUT2D eigenvalue weighted by atomic mass is 9.67. The molecule has 4 nitrogen and oxygen atoms in total. The summed E-state index contributed by atoms with van der Waals surface area (Å²) < 4.78 is 80.2. The van der Waals surface area contributed by atoms with Gasteiger partial charge >= 0.3 is 12.4 Å². The van der Waals surface area contributed by atoms with Crippen molar-refractivity contribution in [1.29, 1.82) is 0 Å². The van der Waals surface area contributed by atoms with Gasteiger partial charge in [0.25, 0.3) is 0 Å². The number of nitrogens with one attached hydrogen (secondary N) is 1. The maximum absolute atomic E-state index is 13.8. The minimum absolute atomic E-state index is 0.0823. The number of carbonyl (C=O) groups excluding carboxylic acids is 2. The maximum Gasteiger partial charge on any atom is 0.416 e. The molecular weight excluding hydrogens is 510 g/mol. The van der Waals surface area contributed by atoms with E-state index in [1.54, 1.807) is 12.1 Å². The van der Waals surface area contributed by atoms with Crippen LogP contribution in [0.4, 0.5) is 26.3 Å². The van der Waals surface area contributed by atoms with Crippen LogP contribution in [0.1, 0.15) is 73.7 Å². The highest BCUT2D eigenvalue weighted by molar-refractivity contribution is 5.88. The van der Waals surface area contributed by atoms with Crippen molar-refractivity contribution in [3.8, 4) is 0 Å². The van der Waals surface area contributed by atoms with E-state index in [1.807, 2.05) is 18.2 Å². The molecule has 1 atom stereocenters. The average Bonchev–Trinajstić information content (AvgIpc) is 2.88. The highest BCUT2D eigenvalue weighted by Crippen LogP contribution is 2.43. The van der Waals surface area contributed by atoms with Crippen LogP contribution in [-0.4, -0.2) is 35.7 Å². The molecule has 1 heterocycles. The lowest BCUT2D eigenvalue weighted by molar-refractivity contribution is -0.143. The number of hydrogen-bond acceptors (Lipinski definition) is 3. The zero-order valence-electron chi connectivity index (χ0n) is 21.0. The first-order valence-electron chi connectivity index (χ1n) is 12.7. The largest absolute Gasteiger partial charge is 0.416 e. The van der Waals surface area contributed by atoms with Gasteiger partial charge in [-0.25, -0.2) is 0 Å². The van der Waals surface area contributed by atoms with E-state index in [0.29, 0.717) is 63.7 Å². The molecule has 38 heavy (non-hydrogen) atoms. The summed E-state index contributed by atoms with van der Waals surface area (Å²) in [5, 5.41) is 2.73.